The van der Waals surface area contributed by atoms with E-state index in [-0.39, 0.29) is 5.82 Å². The smallest absolute Gasteiger partial charge is 0.344 e. The molecule has 0 spiro atoms. The first kappa shape index (κ1) is 10.9. The van der Waals surface area contributed by atoms with Crippen LogP contribution in [0.5, 0.6) is 0 Å². The molecule has 0 aromatic carbocycles. The molecule has 1 aromatic rings. The molecule has 1 unspecified atom stereocenters. The summed E-state index contributed by atoms with van der Waals surface area (Å²) in [4.78, 5) is 16.4. The number of hydrogen-bond donors (Lipinski definition) is 1. The van der Waals surface area contributed by atoms with Crippen molar-refractivity contribution in [2.45, 2.75) is 6.42 Å². The molecule has 7 heteroatoms. The fourth-order valence-electron chi connectivity index (χ4n) is 2.06. The second-order valence-corrected chi connectivity index (χ2v) is 4.07. The van der Waals surface area contributed by atoms with E-state index in [9.17, 15) is 10.1 Å². The molecule has 0 radical (unpaired) electrons. The van der Waals surface area contributed by atoms with Crippen LogP contribution in [0.15, 0.2) is 6.20 Å². The fraction of sp³-hybridized carbons (Fsp3) is 0.667. The van der Waals surface area contributed by atoms with E-state index >= 15 is 0 Å². The van der Waals surface area contributed by atoms with E-state index in [0.29, 0.717) is 18.4 Å². The number of nitrogens with two attached hydrogens (primary N) is 1. The van der Waals surface area contributed by atoms with Crippen molar-refractivity contribution in [2.24, 2.45) is 18.7 Å². The number of aromatic nitrogens is 2. The fourth-order valence-corrected chi connectivity index (χ4v) is 2.06. The molecule has 88 valence electrons. The first-order valence-corrected chi connectivity index (χ1v) is 5.24. The quantitative estimate of drug-likeness (QED) is 0.582. The van der Waals surface area contributed by atoms with Crippen molar-refractivity contribution in [3.8, 4) is 0 Å². The summed E-state index contributed by atoms with van der Waals surface area (Å²) in [6, 6.07) is 0. The standard InChI is InChI=1S/C9H15N5O2/c1-12-8(14(15)16)5-11-9(12)13-3-2-7(4-10)6-13/h5,7H,2-4,6,10H2,1H3. The minimum atomic E-state index is -0.424. The zero-order valence-electron chi connectivity index (χ0n) is 9.17. The van der Waals surface area contributed by atoms with Gasteiger partial charge in [-0.25, -0.2) is 0 Å². The molecule has 0 saturated carbocycles. The van der Waals surface area contributed by atoms with E-state index in [2.05, 4.69) is 4.98 Å². The normalized spacial score (nSPS) is 20.4. The molecule has 1 atom stereocenters. The summed E-state index contributed by atoms with van der Waals surface area (Å²) in [6.45, 7) is 2.35. The van der Waals surface area contributed by atoms with Crippen LogP contribution in [0.25, 0.3) is 0 Å². The second kappa shape index (κ2) is 4.09. The van der Waals surface area contributed by atoms with Crippen molar-refractivity contribution >= 4 is 11.8 Å². The Morgan fingerprint density at radius 3 is 3.00 bits per heavy atom. The number of rotatable bonds is 3. The van der Waals surface area contributed by atoms with Crippen molar-refractivity contribution in [3.05, 3.63) is 16.3 Å². The molecule has 1 saturated heterocycles. The molecule has 1 aromatic heterocycles. The molecule has 1 fully saturated rings. The molecule has 0 aliphatic carbocycles. The average molecular weight is 225 g/mol. The Morgan fingerprint density at radius 2 is 2.50 bits per heavy atom. The lowest BCUT2D eigenvalue weighted by Gasteiger charge is -2.13. The van der Waals surface area contributed by atoms with Gasteiger partial charge in [-0.3, -0.25) is 0 Å². The zero-order chi connectivity index (χ0) is 11.7. The highest BCUT2D eigenvalue weighted by Crippen LogP contribution is 2.24. The van der Waals surface area contributed by atoms with Gasteiger partial charge in [0, 0.05) is 13.1 Å². The first-order chi connectivity index (χ1) is 7.63. The van der Waals surface area contributed by atoms with Gasteiger partial charge in [0.25, 0.3) is 5.95 Å². The second-order valence-electron chi connectivity index (χ2n) is 4.07. The number of anilines is 1. The van der Waals surface area contributed by atoms with E-state index in [1.165, 1.54) is 10.8 Å². The number of imidazole rings is 1. The van der Waals surface area contributed by atoms with Gasteiger partial charge in [-0.15, -0.1) is 0 Å². The largest absolute Gasteiger partial charge is 0.358 e. The Kier molecular flexibility index (Phi) is 2.78. The van der Waals surface area contributed by atoms with Crippen molar-refractivity contribution in [3.63, 3.8) is 0 Å². The van der Waals surface area contributed by atoms with Gasteiger partial charge in [-0.1, -0.05) is 0 Å². The monoisotopic (exact) mass is 225 g/mol. The summed E-state index contributed by atoms with van der Waals surface area (Å²) in [5.41, 5.74) is 5.60. The number of nitro groups is 1. The summed E-state index contributed by atoms with van der Waals surface area (Å²) < 4.78 is 1.51. The summed E-state index contributed by atoms with van der Waals surface area (Å²) in [7, 11) is 1.66. The maximum absolute atomic E-state index is 10.7. The third kappa shape index (κ3) is 1.73. The predicted octanol–water partition coefficient (Wildman–Crippen LogP) is 0.113. The van der Waals surface area contributed by atoms with Crippen molar-refractivity contribution in [1.29, 1.82) is 0 Å². The third-order valence-electron chi connectivity index (χ3n) is 3.03. The van der Waals surface area contributed by atoms with E-state index < -0.39 is 4.92 Å². The molecular formula is C9H15N5O2. The Hall–Kier alpha value is -1.63. The summed E-state index contributed by atoms with van der Waals surface area (Å²) in [5, 5.41) is 10.7. The maximum Gasteiger partial charge on any atom is 0.344 e. The zero-order valence-corrected chi connectivity index (χ0v) is 9.17. The lowest BCUT2D eigenvalue weighted by molar-refractivity contribution is -0.391. The van der Waals surface area contributed by atoms with E-state index in [1.807, 2.05) is 4.90 Å². The van der Waals surface area contributed by atoms with Gasteiger partial charge in [0.2, 0.25) is 0 Å². The summed E-state index contributed by atoms with van der Waals surface area (Å²) in [6.07, 6.45) is 2.32. The lowest BCUT2D eigenvalue weighted by atomic mass is 10.1. The molecule has 2 N–H and O–H groups in total. The van der Waals surface area contributed by atoms with Gasteiger partial charge in [0.05, 0.1) is 7.05 Å². The summed E-state index contributed by atoms with van der Waals surface area (Å²) >= 11 is 0. The molecule has 0 amide bonds. The Bertz CT molecular complexity index is 403. The average Bonchev–Trinajstić information content (AvgIpc) is 2.83. The van der Waals surface area contributed by atoms with Crippen LogP contribution in [-0.4, -0.2) is 34.1 Å². The highest BCUT2D eigenvalue weighted by Gasteiger charge is 2.28. The highest BCUT2D eigenvalue weighted by molar-refractivity contribution is 5.39. The molecular weight excluding hydrogens is 210 g/mol. The van der Waals surface area contributed by atoms with Crippen LogP contribution in [0.4, 0.5) is 11.8 Å². The minimum Gasteiger partial charge on any atom is -0.358 e. The molecule has 1 aliphatic heterocycles. The van der Waals surface area contributed by atoms with Crippen LogP contribution in [0, 0.1) is 16.0 Å². The lowest BCUT2D eigenvalue weighted by Crippen LogP contribution is -2.25. The van der Waals surface area contributed by atoms with Crippen molar-refractivity contribution < 1.29 is 4.92 Å². The molecule has 2 heterocycles. The molecule has 16 heavy (non-hydrogen) atoms. The molecule has 1 aliphatic rings. The van der Waals surface area contributed by atoms with Crippen LogP contribution >= 0.6 is 0 Å². The van der Waals surface area contributed by atoms with E-state index in [4.69, 9.17) is 5.73 Å². The van der Waals surface area contributed by atoms with E-state index in [1.54, 1.807) is 7.05 Å². The van der Waals surface area contributed by atoms with Gasteiger partial charge < -0.3 is 20.7 Å². The van der Waals surface area contributed by atoms with Gasteiger partial charge >= 0.3 is 5.82 Å². The molecule has 2 rings (SSSR count). The van der Waals surface area contributed by atoms with E-state index in [0.717, 1.165) is 19.5 Å². The Morgan fingerprint density at radius 1 is 1.75 bits per heavy atom. The first-order valence-electron chi connectivity index (χ1n) is 5.24. The van der Waals surface area contributed by atoms with Crippen LogP contribution in [0.3, 0.4) is 0 Å². The molecule has 7 nitrogen and oxygen atoms in total. The van der Waals surface area contributed by atoms with Gasteiger partial charge in [-0.05, 0) is 23.8 Å². The molecule has 0 bridgehead atoms. The SMILES string of the molecule is Cn1c([N+](=O)[O-])cnc1N1CCC(CN)C1. The van der Waals surface area contributed by atoms with Gasteiger partial charge in [-0.2, -0.15) is 9.55 Å². The highest BCUT2D eigenvalue weighted by atomic mass is 16.6. The Balaban J connectivity index is 2.19. The Labute approximate surface area is 93.0 Å². The van der Waals surface area contributed by atoms with Crippen molar-refractivity contribution in [1.82, 2.24) is 9.55 Å². The van der Waals surface area contributed by atoms with Gasteiger partial charge in [0.15, 0.2) is 0 Å². The van der Waals surface area contributed by atoms with Crippen LogP contribution in [0.1, 0.15) is 6.42 Å². The maximum atomic E-state index is 10.7. The minimum absolute atomic E-state index is 0.0196. The van der Waals surface area contributed by atoms with Crippen LogP contribution in [-0.2, 0) is 7.05 Å². The van der Waals surface area contributed by atoms with Gasteiger partial charge in [0.1, 0.15) is 6.20 Å². The summed E-state index contributed by atoms with van der Waals surface area (Å²) in [5.74, 6) is 1.14. The topological polar surface area (TPSA) is 90.2 Å². The number of hydrogen-bond acceptors (Lipinski definition) is 5. The van der Waals surface area contributed by atoms with Crippen molar-refractivity contribution in [2.75, 3.05) is 24.5 Å². The van der Waals surface area contributed by atoms with Crippen LogP contribution in [0.2, 0.25) is 0 Å². The predicted molar refractivity (Wildman–Crippen MR) is 59.2 cm³/mol. The number of nitrogens with zero attached hydrogens (tertiary/aromatic N) is 4. The van der Waals surface area contributed by atoms with Crippen LogP contribution < -0.4 is 10.6 Å². The third-order valence-corrected chi connectivity index (χ3v) is 3.03.